The summed E-state index contributed by atoms with van der Waals surface area (Å²) < 4.78 is 7.59. The van der Waals surface area contributed by atoms with Crippen LogP contribution in [0.3, 0.4) is 0 Å². The van der Waals surface area contributed by atoms with Crippen LogP contribution >= 0.6 is 0 Å². The molecule has 0 atom stereocenters. The molecule has 0 bridgehead atoms. The van der Waals surface area contributed by atoms with E-state index in [1.54, 1.807) is 0 Å². The Bertz CT molecular complexity index is 266. The van der Waals surface area contributed by atoms with Crippen molar-refractivity contribution in [2.45, 2.75) is 18.2 Å². The molecule has 82 valence electrons. The van der Waals surface area contributed by atoms with Crippen molar-refractivity contribution in [3.63, 3.8) is 0 Å². The number of carbonyl (C=O) groups excluding carboxylic acids is 3. The third-order valence-corrected chi connectivity index (χ3v) is 15.7. The molecule has 5 nitrogen and oxygen atoms in total. The first kappa shape index (κ1) is 11.7. The van der Waals surface area contributed by atoms with E-state index in [1.165, 1.54) is 0 Å². The predicted octanol–water partition coefficient (Wildman–Crippen LogP) is -0.367. The third-order valence-electron chi connectivity index (χ3n) is 2.77. The zero-order chi connectivity index (χ0) is 10.8. The number of rotatable bonds is 5. The topological polar surface area (TPSA) is 75.3 Å². The summed E-state index contributed by atoms with van der Waals surface area (Å²) in [6, 6.07) is 0. The van der Waals surface area contributed by atoms with Gasteiger partial charge in [0, 0.05) is 0 Å². The molecule has 1 fully saturated rings. The first-order chi connectivity index (χ1) is 6.56. The fourth-order valence-corrected chi connectivity index (χ4v) is 11.1. The van der Waals surface area contributed by atoms with Gasteiger partial charge in [-0.3, -0.25) is 0 Å². The molecule has 0 aromatic rings. The molecule has 0 aromatic carbocycles. The van der Waals surface area contributed by atoms with Crippen LogP contribution in [0.25, 0.3) is 0 Å². The standard InChI is InChI=1S/C3H7.C2H6N2.3CHO.Mo/c1-3-2;3-1-2-4;3*1-2;/h1,3H2,2H3;3-4H,1-2H2;3*1H;/q;-2;;;;+2. The van der Waals surface area contributed by atoms with Crippen LogP contribution in [0, 0.1) is 0 Å². The van der Waals surface area contributed by atoms with Crippen LogP contribution in [0.4, 0.5) is 0 Å². The Morgan fingerprint density at radius 2 is 1.50 bits per heavy atom. The fourth-order valence-electron chi connectivity index (χ4n) is 1.87. The monoisotopic (exact) mass is 286 g/mol. The average molecular weight is 284 g/mol. The van der Waals surface area contributed by atoms with Gasteiger partial charge in [0.1, 0.15) is 0 Å². The van der Waals surface area contributed by atoms with Crippen molar-refractivity contribution in [2.24, 2.45) is 0 Å². The van der Waals surface area contributed by atoms with E-state index < -0.39 is 14.1 Å². The Hall–Kier alpha value is -0.382. The van der Waals surface area contributed by atoms with Crippen molar-refractivity contribution in [1.29, 1.82) is 0 Å². The molecule has 1 saturated heterocycles. The first-order valence-electron chi connectivity index (χ1n) is 4.53. The van der Waals surface area contributed by atoms with Gasteiger partial charge in [-0.15, -0.1) is 0 Å². The SMILES string of the molecule is CC[CH2][Mo]1([CH]=O)([CH]=O)([CH]=O)[NH]CC[NH]1. The molecule has 0 radical (unpaired) electrons. The molecule has 14 heavy (non-hydrogen) atoms. The Morgan fingerprint density at radius 3 is 1.79 bits per heavy atom. The fraction of sp³-hybridized carbons (Fsp3) is 0.625. The summed E-state index contributed by atoms with van der Waals surface area (Å²) in [4.78, 5) is 34.3. The number of hydrogen-bond donors (Lipinski definition) is 2. The zero-order valence-corrected chi connectivity index (χ0v) is 10.2. The molecule has 0 aliphatic carbocycles. The number of carbonyl (C=O) groups is 3. The molecule has 0 spiro atoms. The van der Waals surface area contributed by atoms with Crippen LogP contribution < -0.4 is 7.75 Å². The molecule has 0 aromatic heterocycles. The van der Waals surface area contributed by atoms with Crippen LogP contribution in [-0.4, -0.2) is 27.1 Å². The molecule has 0 unspecified atom stereocenters. The molecular weight excluding hydrogens is 268 g/mol. The van der Waals surface area contributed by atoms with Crippen molar-refractivity contribution in [1.82, 2.24) is 7.75 Å². The van der Waals surface area contributed by atoms with Crippen molar-refractivity contribution in [3.8, 4) is 0 Å². The average Bonchev–Trinajstić information content (AvgIpc) is 2.64. The second-order valence-corrected chi connectivity index (χ2v) is 17.5. The van der Waals surface area contributed by atoms with Crippen molar-refractivity contribution in [2.75, 3.05) is 13.1 Å². The van der Waals surface area contributed by atoms with Crippen LogP contribution in [0.2, 0.25) is 4.81 Å². The molecular formula is C8H16MoN2O3. The summed E-state index contributed by atoms with van der Waals surface area (Å²) >= 11 is -5.03. The van der Waals surface area contributed by atoms with Crippen LogP contribution in [-0.2, 0) is 28.4 Å². The zero-order valence-electron chi connectivity index (χ0n) is 8.19. The Labute approximate surface area is 81.7 Å². The maximum atomic E-state index is 11.3. The van der Waals surface area contributed by atoms with E-state index in [0.29, 0.717) is 38.3 Å². The minimum atomic E-state index is -5.03. The van der Waals surface area contributed by atoms with E-state index >= 15 is 0 Å². The quantitative estimate of drug-likeness (QED) is 0.532. The summed E-state index contributed by atoms with van der Waals surface area (Å²) in [6.07, 6.45) is 0.627. The van der Waals surface area contributed by atoms with E-state index in [4.69, 9.17) is 0 Å². The predicted molar refractivity (Wildman–Crippen MR) is 51.4 cm³/mol. The molecule has 2 N–H and O–H groups in total. The van der Waals surface area contributed by atoms with E-state index in [-0.39, 0.29) is 0 Å². The summed E-state index contributed by atoms with van der Waals surface area (Å²) in [7, 11) is 0. The Morgan fingerprint density at radius 1 is 1.07 bits per heavy atom. The number of nitrogens with one attached hydrogen (secondary N) is 2. The van der Waals surface area contributed by atoms with Crippen molar-refractivity contribution >= 4 is 14.0 Å². The second kappa shape index (κ2) is 3.05. The summed E-state index contributed by atoms with van der Waals surface area (Å²) in [5.74, 6) is 0. The maximum absolute atomic E-state index is 11.3. The van der Waals surface area contributed by atoms with Gasteiger partial charge < -0.3 is 0 Å². The van der Waals surface area contributed by atoms with Gasteiger partial charge in [0.05, 0.1) is 0 Å². The molecule has 1 aliphatic rings. The molecule has 0 saturated carbocycles. The van der Waals surface area contributed by atoms with Crippen LogP contribution in [0.5, 0.6) is 0 Å². The molecule has 0 amide bonds. The van der Waals surface area contributed by atoms with Gasteiger partial charge in [-0.05, 0) is 0 Å². The Kier molecular flexibility index (Phi) is 2.55. The Balaban J connectivity index is 3.42. The first-order valence-corrected chi connectivity index (χ1v) is 11.4. The molecule has 1 rings (SSSR count). The van der Waals surface area contributed by atoms with Gasteiger partial charge in [-0.1, -0.05) is 0 Å². The summed E-state index contributed by atoms with van der Waals surface area (Å²) in [6.45, 7) is 2.86. The van der Waals surface area contributed by atoms with E-state index in [0.717, 1.165) is 0 Å². The molecule has 6 heteroatoms. The minimum absolute atomic E-state index is 0.318. The van der Waals surface area contributed by atoms with Crippen LogP contribution in [0.1, 0.15) is 13.3 Å². The van der Waals surface area contributed by atoms with Gasteiger partial charge in [-0.25, -0.2) is 0 Å². The number of hydrogen-bond acceptors (Lipinski definition) is 5. The third kappa shape index (κ3) is 1.16. The second-order valence-electron chi connectivity index (χ2n) is 3.79. The van der Waals surface area contributed by atoms with E-state index in [2.05, 4.69) is 7.75 Å². The van der Waals surface area contributed by atoms with Gasteiger partial charge >= 0.3 is 81.5 Å². The summed E-state index contributed by atoms with van der Waals surface area (Å²) in [5.41, 5.74) is 0. The van der Waals surface area contributed by atoms with E-state index in [9.17, 15) is 14.4 Å². The summed E-state index contributed by atoms with van der Waals surface area (Å²) in [5, 5.41) is 0. The molecule has 1 heterocycles. The van der Waals surface area contributed by atoms with Gasteiger partial charge in [0.15, 0.2) is 0 Å². The van der Waals surface area contributed by atoms with E-state index in [1.807, 2.05) is 6.92 Å². The van der Waals surface area contributed by atoms with Crippen molar-refractivity contribution in [3.05, 3.63) is 0 Å². The van der Waals surface area contributed by atoms with Crippen LogP contribution in [0.15, 0.2) is 0 Å². The van der Waals surface area contributed by atoms with Gasteiger partial charge in [0.2, 0.25) is 0 Å². The van der Waals surface area contributed by atoms with Gasteiger partial charge in [-0.2, -0.15) is 0 Å². The normalized spacial score (nSPS) is 31.5. The molecule has 1 aliphatic heterocycles. The van der Waals surface area contributed by atoms with Crippen molar-refractivity contribution < 1.29 is 28.4 Å². The van der Waals surface area contributed by atoms with Gasteiger partial charge in [0.25, 0.3) is 0 Å².